The van der Waals surface area contributed by atoms with Crippen LogP contribution in [-0.4, -0.2) is 15.2 Å². The Kier molecular flexibility index (Phi) is 2.99. The standard InChI is InChI=1S/C10H9FN4O2/c11-7-3-1-2-6(4-7)5-12-8-9(16)13-10(17)15-14-8/h1-4H,5H2,(H,12,14)(H2,13,15,16,17). The van der Waals surface area contributed by atoms with Gasteiger partial charge in [0.05, 0.1) is 0 Å². The number of aromatic amines is 2. The number of hydrogen-bond acceptors (Lipinski definition) is 4. The van der Waals surface area contributed by atoms with E-state index in [2.05, 4.69) is 15.5 Å². The van der Waals surface area contributed by atoms with Gasteiger partial charge in [0.1, 0.15) is 5.82 Å². The molecule has 0 atom stereocenters. The Morgan fingerprint density at radius 2 is 2.18 bits per heavy atom. The minimum atomic E-state index is -0.675. The van der Waals surface area contributed by atoms with Crippen molar-refractivity contribution in [3.05, 3.63) is 56.5 Å². The van der Waals surface area contributed by atoms with Crippen LogP contribution in [-0.2, 0) is 6.54 Å². The van der Waals surface area contributed by atoms with Crippen LogP contribution in [0, 0.1) is 5.82 Å². The Morgan fingerprint density at radius 3 is 2.88 bits per heavy atom. The predicted octanol–water partition coefficient (Wildman–Crippen LogP) is 0.209. The van der Waals surface area contributed by atoms with Crippen LogP contribution >= 0.6 is 0 Å². The van der Waals surface area contributed by atoms with Crippen LogP contribution < -0.4 is 16.6 Å². The van der Waals surface area contributed by atoms with Gasteiger partial charge >= 0.3 is 5.69 Å². The lowest BCUT2D eigenvalue weighted by Gasteiger charge is -2.03. The minimum absolute atomic E-state index is 0.0196. The van der Waals surface area contributed by atoms with E-state index in [1.807, 2.05) is 4.98 Å². The van der Waals surface area contributed by atoms with Crippen molar-refractivity contribution >= 4 is 5.82 Å². The number of benzene rings is 1. The summed E-state index contributed by atoms with van der Waals surface area (Å²) in [6.45, 7) is 0.236. The fraction of sp³-hybridized carbons (Fsp3) is 0.100. The van der Waals surface area contributed by atoms with E-state index in [1.165, 1.54) is 12.1 Å². The number of hydrogen-bond donors (Lipinski definition) is 3. The third kappa shape index (κ3) is 2.77. The minimum Gasteiger partial charge on any atom is -0.360 e. The van der Waals surface area contributed by atoms with E-state index >= 15 is 0 Å². The van der Waals surface area contributed by atoms with Crippen LogP contribution in [0.5, 0.6) is 0 Å². The fourth-order valence-electron chi connectivity index (χ4n) is 1.30. The first-order valence-corrected chi connectivity index (χ1v) is 4.82. The molecule has 2 aromatic rings. The molecule has 0 saturated carbocycles. The molecule has 1 aromatic carbocycles. The highest BCUT2D eigenvalue weighted by atomic mass is 19.1. The van der Waals surface area contributed by atoms with Crippen LogP contribution in [0.15, 0.2) is 33.9 Å². The van der Waals surface area contributed by atoms with Crippen LogP contribution in [0.4, 0.5) is 10.2 Å². The predicted molar refractivity (Wildman–Crippen MR) is 59.2 cm³/mol. The largest absolute Gasteiger partial charge is 0.360 e. The highest BCUT2D eigenvalue weighted by molar-refractivity contribution is 5.31. The van der Waals surface area contributed by atoms with E-state index < -0.39 is 11.2 Å². The number of nitrogens with zero attached hydrogens (tertiary/aromatic N) is 1. The maximum Gasteiger partial charge on any atom is 0.342 e. The number of halogens is 1. The summed E-state index contributed by atoms with van der Waals surface area (Å²) < 4.78 is 12.9. The van der Waals surface area contributed by atoms with Crippen molar-refractivity contribution in [2.24, 2.45) is 0 Å². The summed E-state index contributed by atoms with van der Waals surface area (Å²) in [4.78, 5) is 24.0. The number of rotatable bonds is 3. The molecule has 0 saturated heterocycles. The molecule has 0 bridgehead atoms. The van der Waals surface area contributed by atoms with Crippen molar-refractivity contribution in [3.8, 4) is 0 Å². The summed E-state index contributed by atoms with van der Waals surface area (Å²) in [6, 6.07) is 5.94. The van der Waals surface area contributed by atoms with Crippen molar-refractivity contribution in [1.29, 1.82) is 0 Å². The van der Waals surface area contributed by atoms with E-state index in [-0.39, 0.29) is 18.2 Å². The van der Waals surface area contributed by atoms with Gasteiger partial charge in [-0.2, -0.15) is 0 Å². The van der Waals surface area contributed by atoms with Crippen LogP contribution in [0.1, 0.15) is 5.56 Å². The summed E-state index contributed by atoms with van der Waals surface area (Å²) >= 11 is 0. The Labute approximate surface area is 94.5 Å². The first-order valence-electron chi connectivity index (χ1n) is 4.82. The smallest absolute Gasteiger partial charge is 0.342 e. The Bertz CT molecular complexity index is 634. The lowest BCUT2D eigenvalue weighted by molar-refractivity contribution is 0.626. The van der Waals surface area contributed by atoms with Crippen LogP contribution in [0.25, 0.3) is 0 Å². The van der Waals surface area contributed by atoms with Crippen molar-refractivity contribution in [2.75, 3.05) is 5.32 Å². The zero-order valence-corrected chi connectivity index (χ0v) is 8.66. The van der Waals surface area contributed by atoms with E-state index in [0.29, 0.717) is 5.56 Å². The monoisotopic (exact) mass is 236 g/mol. The first-order chi connectivity index (χ1) is 8.15. The highest BCUT2D eigenvalue weighted by Gasteiger charge is 2.01. The molecule has 2 rings (SSSR count). The van der Waals surface area contributed by atoms with Gasteiger partial charge in [-0.25, -0.2) is 14.3 Å². The maximum absolute atomic E-state index is 12.9. The third-order valence-corrected chi connectivity index (χ3v) is 2.06. The molecule has 88 valence electrons. The molecule has 0 fully saturated rings. The molecular formula is C10H9FN4O2. The molecule has 1 aromatic heterocycles. The van der Waals surface area contributed by atoms with Crippen LogP contribution in [0.2, 0.25) is 0 Å². The van der Waals surface area contributed by atoms with Gasteiger partial charge in [0.15, 0.2) is 0 Å². The Morgan fingerprint density at radius 1 is 1.35 bits per heavy atom. The fourth-order valence-corrected chi connectivity index (χ4v) is 1.30. The normalized spacial score (nSPS) is 10.2. The van der Waals surface area contributed by atoms with E-state index in [0.717, 1.165) is 0 Å². The zero-order chi connectivity index (χ0) is 12.3. The first kappa shape index (κ1) is 11.1. The summed E-state index contributed by atoms with van der Waals surface area (Å²) in [5.41, 5.74) is -0.631. The summed E-state index contributed by atoms with van der Waals surface area (Å²) in [5, 5.41) is 8.31. The van der Waals surface area contributed by atoms with Gasteiger partial charge in [0.25, 0.3) is 5.56 Å². The maximum atomic E-state index is 12.9. The molecule has 0 amide bonds. The summed E-state index contributed by atoms with van der Waals surface area (Å²) in [7, 11) is 0. The molecule has 0 aliphatic heterocycles. The van der Waals surface area contributed by atoms with E-state index in [9.17, 15) is 14.0 Å². The second-order valence-corrected chi connectivity index (χ2v) is 3.34. The highest BCUT2D eigenvalue weighted by Crippen LogP contribution is 2.04. The molecule has 0 aliphatic rings. The van der Waals surface area contributed by atoms with Gasteiger partial charge < -0.3 is 5.32 Å². The van der Waals surface area contributed by atoms with Crippen molar-refractivity contribution < 1.29 is 4.39 Å². The van der Waals surface area contributed by atoms with E-state index in [1.54, 1.807) is 12.1 Å². The number of H-pyrrole nitrogens is 2. The molecular weight excluding hydrogens is 227 g/mol. The SMILES string of the molecule is O=c1[nH]nc(NCc2cccc(F)c2)c(=O)[nH]1. The Hall–Kier alpha value is -2.44. The number of anilines is 1. The van der Waals surface area contributed by atoms with Crippen molar-refractivity contribution in [3.63, 3.8) is 0 Å². The summed E-state index contributed by atoms with van der Waals surface area (Å²) in [5.74, 6) is -0.374. The second kappa shape index (κ2) is 4.60. The molecule has 0 radical (unpaired) electrons. The topological polar surface area (TPSA) is 90.6 Å². The quantitative estimate of drug-likeness (QED) is 0.710. The van der Waals surface area contributed by atoms with Crippen molar-refractivity contribution in [2.45, 2.75) is 6.54 Å². The average molecular weight is 236 g/mol. The average Bonchev–Trinajstić information content (AvgIpc) is 2.28. The molecule has 6 nitrogen and oxygen atoms in total. The molecule has 0 unspecified atom stereocenters. The third-order valence-electron chi connectivity index (χ3n) is 2.06. The molecule has 7 heteroatoms. The lowest BCUT2D eigenvalue weighted by atomic mass is 10.2. The van der Waals surface area contributed by atoms with Gasteiger partial charge in [-0.15, -0.1) is 5.10 Å². The van der Waals surface area contributed by atoms with Gasteiger partial charge in [-0.05, 0) is 17.7 Å². The lowest BCUT2D eigenvalue weighted by Crippen LogP contribution is -2.26. The molecule has 3 N–H and O–H groups in total. The van der Waals surface area contributed by atoms with E-state index in [4.69, 9.17) is 0 Å². The Balaban J connectivity index is 2.12. The number of aromatic nitrogens is 3. The molecule has 0 aliphatic carbocycles. The molecule has 0 spiro atoms. The van der Waals surface area contributed by atoms with Gasteiger partial charge in [0.2, 0.25) is 5.82 Å². The molecule has 1 heterocycles. The second-order valence-electron chi connectivity index (χ2n) is 3.34. The van der Waals surface area contributed by atoms with Crippen LogP contribution in [0.3, 0.4) is 0 Å². The summed E-state index contributed by atoms with van der Waals surface area (Å²) in [6.07, 6.45) is 0. The molecule has 17 heavy (non-hydrogen) atoms. The van der Waals surface area contributed by atoms with Gasteiger partial charge in [-0.3, -0.25) is 9.78 Å². The van der Waals surface area contributed by atoms with Crippen molar-refractivity contribution in [1.82, 2.24) is 15.2 Å². The number of nitrogens with one attached hydrogen (secondary N) is 3. The van der Waals surface area contributed by atoms with Gasteiger partial charge in [-0.1, -0.05) is 12.1 Å². The van der Waals surface area contributed by atoms with Gasteiger partial charge in [0, 0.05) is 6.54 Å². The zero-order valence-electron chi connectivity index (χ0n) is 8.66.